The fraction of sp³-hybridized carbons (Fsp3) is 0.467. The lowest BCUT2D eigenvalue weighted by molar-refractivity contribution is -0.116. The van der Waals surface area contributed by atoms with Crippen molar-refractivity contribution in [3.63, 3.8) is 0 Å². The van der Waals surface area contributed by atoms with Crippen molar-refractivity contribution in [3.8, 4) is 0 Å². The number of anilines is 1. The first-order valence-corrected chi connectivity index (χ1v) is 7.08. The minimum Gasteiger partial charge on any atom is -0.370 e. The monoisotopic (exact) mass is 404 g/mol. The highest BCUT2D eigenvalue weighted by molar-refractivity contribution is 14.0. The lowest BCUT2D eigenvalue weighted by Gasteiger charge is -2.06. The van der Waals surface area contributed by atoms with Crippen LogP contribution in [0.15, 0.2) is 29.3 Å². The molecule has 4 N–H and O–H groups in total. The van der Waals surface area contributed by atoms with Crippen molar-refractivity contribution < 1.29 is 4.79 Å². The summed E-state index contributed by atoms with van der Waals surface area (Å²) in [5, 5.41) is 5.88. The van der Waals surface area contributed by atoms with E-state index in [1.165, 1.54) is 0 Å². The van der Waals surface area contributed by atoms with E-state index in [0.29, 0.717) is 18.9 Å². The van der Waals surface area contributed by atoms with Crippen LogP contribution < -0.4 is 16.4 Å². The topological polar surface area (TPSA) is 79.5 Å². The molecule has 0 aliphatic heterocycles. The van der Waals surface area contributed by atoms with Gasteiger partial charge in [-0.2, -0.15) is 0 Å². The molecule has 0 bridgehead atoms. The third-order valence-electron chi connectivity index (χ3n) is 2.70. The van der Waals surface area contributed by atoms with E-state index in [4.69, 9.17) is 5.73 Å². The number of nitrogens with two attached hydrogens (primary N) is 1. The molecule has 0 saturated carbocycles. The molecule has 1 aromatic carbocycles. The minimum absolute atomic E-state index is 0. The summed E-state index contributed by atoms with van der Waals surface area (Å²) in [5.74, 6) is 0.512. The first kappa shape index (κ1) is 19.7. The SMILES string of the molecule is CCCNC(N)=NCc1ccc(NC(=O)CCC)cc1.I. The van der Waals surface area contributed by atoms with Gasteiger partial charge in [-0.3, -0.25) is 4.79 Å². The number of amides is 1. The summed E-state index contributed by atoms with van der Waals surface area (Å²) in [6, 6.07) is 7.65. The number of rotatable bonds is 7. The number of hydrogen-bond acceptors (Lipinski definition) is 2. The molecule has 0 heterocycles. The Morgan fingerprint density at radius 3 is 2.43 bits per heavy atom. The zero-order valence-corrected chi connectivity index (χ0v) is 15.0. The number of guanidine groups is 1. The number of nitrogens with one attached hydrogen (secondary N) is 2. The quantitative estimate of drug-likeness (QED) is 0.372. The molecule has 0 aliphatic rings. The standard InChI is InChI=1S/C15H24N4O.HI/c1-3-5-14(20)19-13-8-6-12(7-9-13)11-18-15(16)17-10-4-2;/h6-9H,3-5,10-11H2,1-2H3,(H,19,20)(H3,16,17,18);1H. The molecule has 1 amide bonds. The number of hydrogen-bond donors (Lipinski definition) is 3. The molecule has 0 radical (unpaired) electrons. The second kappa shape index (κ2) is 11.4. The van der Waals surface area contributed by atoms with E-state index >= 15 is 0 Å². The molecular formula is C15H25IN4O. The maximum atomic E-state index is 11.5. The Kier molecular flexibility index (Phi) is 10.7. The summed E-state index contributed by atoms with van der Waals surface area (Å²) in [7, 11) is 0. The highest BCUT2D eigenvalue weighted by atomic mass is 127. The van der Waals surface area contributed by atoms with Gasteiger partial charge in [-0.1, -0.05) is 26.0 Å². The van der Waals surface area contributed by atoms with Gasteiger partial charge < -0.3 is 16.4 Å². The fourth-order valence-electron chi connectivity index (χ4n) is 1.63. The van der Waals surface area contributed by atoms with Crippen molar-refractivity contribution in [1.82, 2.24) is 5.32 Å². The van der Waals surface area contributed by atoms with Crippen molar-refractivity contribution in [2.24, 2.45) is 10.7 Å². The van der Waals surface area contributed by atoms with Crippen LogP contribution in [0, 0.1) is 0 Å². The van der Waals surface area contributed by atoms with Crippen LogP contribution in [0.5, 0.6) is 0 Å². The Morgan fingerprint density at radius 1 is 1.19 bits per heavy atom. The summed E-state index contributed by atoms with van der Waals surface area (Å²) in [5.41, 5.74) is 7.59. The molecule has 21 heavy (non-hydrogen) atoms. The molecule has 0 atom stereocenters. The molecule has 5 nitrogen and oxygen atoms in total. The van der Waals surface area contributed by atoms with Crippen LogP contribution in [0.1, 0.15) is 38.7 Å². The van der Waals surface area contributed by atoms with E-state index in [0.717, 1.165) is 30.6 Å². The third-order valence-corrected chi connectivity index (χ3v) is 2.70. The van der Waals surface area contributed by atoms with Gasteiger partial charge in [0.1, 0.15) is 0 Å². The highest BCUT2D eigenvalue weighted by Gasteiger charge is 2.00. The number of aliphatic imine (C=N–C) groups is 1. The maximum absolute atomic E-state index is 11.5. The van der Waals surface area contributed by atoms with Gasteiger partial charge in [0.05, 0.1) is 6.54 Å². The van der Waals surface area contributed by atoms with E-state index in [1.54, 1.807) is 0 Å². The number of benzene rings is 1. The lowest BCUT2D eigenvalue weighted by atomic mass is 10.2. The van der Waals surface area contributed by atoms with Crippen LogP contribution in [0.2, 0.25) is 0 Å². The van der Waals surface area contributed by atoms with Gasteiger partial charge in [0, 0.05) is 18.7 Å². The van der Waals surface area contributed by atoms with E-state index in [-0.39, 0.29) is 29.9 Å². The molecule has 0 aliphatic carbocycles. The Morgan fingerprint density at radius 2 is 1.86 bits per heavy atom. The Balaban J connectivity index is 0.00000400. The van der Waals surface area contributed by atoms with Crippen molar-refractivity contribution in [3.05, 3.63) is 29.8 Å². The van der Waals surface area contributed by atoms with Gasteiger partial charge in [-0.05, 0) is 30.5 Å². The molecule has 1 aromatic rings. The van der Waals surface area contributed by atoms with Crippen LogP contribution in [-0.4, -0.2) is 18.4 Å². The van der Waals surface area contributed by atoms with Crippen LogP contribution in [0.4, 0.5) is 5.69 Å². The summed E-state index contributed by atoms with van der Waals surface area (Å²) < 4.78 is 0. The molecule has 0 saturated heterocycles. The first-order valence-electron chi connectivity index (χ1n) is 7.08. The normalized spacial score (nSPS) is 10.7. The smallest absolute Gasteiger partial charge is 0.224 e. The van der Waals surface area contributed by atoms with E-state index < -0.39 is 0 Å². The van der Waals surface area contributed by atoms with Gasteiger partial charge in [-0.25, -0.2) is 4.99 Å². The van der Waals surface area contributed by atoms with Gasteiger partial charge in [0.15, 0.2) is 5.96 Å². The lowest BCUT2D eigenvalue weighted by Crippen LogP contribution is -2.32. The number of nitrogens with zero attached hydrogens (tertiary/aromatic N) is 1. The van der Waals surface area contributed by atoms with Crippen molar-refractivity contribution in [2.75, 3.05) is 11.9 Å². The summed E-state index contributed by atoms with van der Waals surface area (Å²) in [6.07, 6.45) is 2.41. The molecular weight excluding hydrogens is 379 g/mol. The Hall–Kier alpha value is -1.31. The second-order valence-electron chi connectivity index (χ2n) is 4.62. The molecule has 118 valence electrons. The van der Waals surface area contributed by atoms with Gasteiger partial charge in [-0.15, -0.1) is 24.0 Å². The zero-order valence-electron chi connectivity index (χ0n) is 12.7. The van der Waals surface area contributed by atoms with Crippen molar-refractivity contribution in [1.29, 1.82) is 0 Å². The van der Waals surface area contributed by atoms with Gasteiger partial charge in [0.2, 0.25) is 5.91 Å². The molecule has 6 heteroatoms. The van der Waals surface area contributed by atoms with Crippen molar-refractivity contribution >= 4 is 41.5 Å². The van der Waals surface area contributed by atoms with Gasteiger partial charge in [0.25, 0.3) is 0 Å². The van der Waals surface area contributed by atoms with Gasteiger partial charge >= 0.3 is 0 Å². The molecule has 0 unspecified atom stereocenters. The first-order chi connectivity index (χ1) is 9.65. The molecule has 0 spiro atoms. The number of halogens is 1. The van der Waals surface area contributed by atoms with E-state index in [1.807, 2.05) is 31.2 Å². The summed E-state index contributed by atoms with van der Waals surface area (Å²) >= 11 is 0. The maximum Gasteiger partial charge on any atom is 0.224 e. The van der Waals surface area contributed by atoms with Crippen LogP contribution >= 0.6 is 24.0 Å². The molecule has 0 fully saturated rings. The minimum atomic E-state index is 0. The van der Waals surface area contributed by atoms with E-state index in [2.05, 4.69) is 22.5 Å². The summed E-state index contributed by atoms with van der Waals surface area (Å²) in [4.78, 5) is 15.7. The van der Waals surface area contributed by atoms with Crippen LogP contribution in [0.3, 0.4) is 0 Å². The molecule has 0 aromatic heterocycles. The van der Waals surface area contributed by atoms with Crippen LogP contribution in [0.25, 0.3) is 0 Å². The zero-order chi connectivity index (χ0) is 14.8. The number of carbonyl (C=O) groups is 1. The van der Waals surface area contributed by atoms with Crippen LogP contribution in [-0.2, 0) is 11.3 Å². The fourth-order valence-corrected chi connectivity index (χ4v) is 1.63. The average Bonchev–Trinajstić information content (AvgIpc) is 2.44. The summed E-state index contributed by atoms with van der Waals surface area (Å²) in [6.45, 7) is 5.42. The Bertz CT molecular complexity index is 445. The second-order valence-corrected chi connectivity index (χ2v) is 4.62. The Labute approximate surface area is 143 Å². The van der Waals surface area contributed by atoms with Crippen molar-refractivity contribution in [2.45, 2.75) is 39.7 Å². The average molecular weight is 404 g/mol. The number of carbonyl (C=O) groups excluding carboxylic acids is 1. The predicted molar refractivity (Wildman–Crippen MR) is 99.0 cm³/mol. The highest BCUT2D eigenvalue weighted by Crippen LogP contribution is 2.11. The predicted octanol–water partition coefficient (Wildman–Crippen LogP) is 2.86. The van der Waals surface area contributed by atoms with E-state index in [9.17, 15) is 4.79 Å². The largest absolute Gasteiger partial charge is 0.370 e. The molecule has 1 rings (SSSR count). The third kappa shape index (κ3) is 8.54.